The van der Waals surface area contributed by atoms with Gasteiger partial charge in [-0.05, 0) is 17.7 Å². The van der Waals surface area contributed by atoms with Crippen molar-refractivity contribution in [2.45, 2.75) is 13.0 Å². The first-order chi connectivity index (χ1) is 9.95. The molecule has 0 saturated heterocycles. The highest BCUT2D eigenvalue weighted by Crippen LogP contribution is 2.05. The predicted molar refractivity (Wildman–Crippen MR) is 77.9 cm³/mol. The number of carbonyl (C=O) groups excluding carboxylic acids is 1. The second kappa shape index (κ2) is 6.30. The monoisotopic (exact) mass is 289 g/mol. The molecule has 0 aliphatic rings. The Morgan fingerprint density at radius 2 is 1.95 bits per heavy atom. The Kier molecular flexibility index (Phi) is 4.47. The number of nitrogens with zero attached hydrogens (tertiary/aromatic N) is 3. The van der Waals surface area contributed by atoms with E-state index in [4.69, 9.17) is 0 Å². The van der Waals surface area contributed by atoms with Crippen LogP contribution in [0.4, 0.5) is 10.1 Å². The lowest BCUT2D eigenvalue weighted by molar-refractivity contribution is -0.119. The third kappa shape index (κ3) is 3.98. The summed E-state index contributed by atoms with van der Waals surface area (Å²) in [6.07, 6.45) is 1.68. The molecule has 21 heavy (non-hydrogen) atoms. The molecule has 0 fully saturated rings. The Balaban J connectivity index is 2.06. The van der Waals surface area contributed by atoms with Crippen LogP contribution in [-0.2, 0) is 17.8 Å². The van der Waals surface area contributed by atoms with Gasteiger partial charge in [0.15, 0.2) is 5.78 Å². The summed E-state index contributed by atoms with van der Waals surface area (Å²) >= 11 is 0. The molecule has 2 aromatic rings. The molecule has 0 saturated carbocycles. The highest BCUT2D eigenvalue weighted by molar-refractivity contribution is 5.80. The standard InChI is InChI=1S/C15H16FN3O2/c1-18(2)13-8-15(21)19(17-9-13)10-14(20)7-11-3-5-12(16)6-4-11/h3-6,8-9H,7,10H2,1-2H3. The first kappa shape index (κ1) is 14.9. The molecule has 0 atom stereocenters. The maximum absolute atomic E-state index is 12.8. The Labute approximate surface area is 121 Å². The number of benzene rings is 1. The fourth-order valence-corrected chi connectivity index (χ4v) is 1.84. The average molecular weight is 289 g/mol. The van der Waals surface area contributed by atoms with Gasteiger partial charge < -0.3 is 4.90 Å². The van der Waals surface area contributed by atoms with Gasteiger partial charge in [-0.1, -0.05) is 12.1 Å². The minimum Gasteiger partial charge on any atom is -0.376 e. The summed E-state index contributed by atoms with van der Waals surface area (Å²) in [4.78, 5) is 25.5. The third-order valence-electron chi connectivity index (χ3n) is 3.01. The molecule has 0 radical (unpaired) electrons. The van der Waals surface area contributed by atoms with Crippen molar-refractivity contribution >= 4 is 11.5 Å². The van der Waals surface area contributed by atoms with Crippen LogP contribution in [0.5, 0.6) is 0 Å². The van der Waals surface area contributed by atoms with Gasteiger partial charge in [0, 0.05) is 26.6 Å². The zero-order chi connectivity index (χ0) is 15.4. The van der Waals surface area contributed by atoms with E-state index in [1.807, 2.05) is 0 Å². The van der Waals surface area contributed by atoms with Crippen LogP contribution in [0.3, 0.4) is 0 Å². The minimum absolute atomic E-state index is 0.0933. The number of hydrogen-bond donors (Lipinski definition) is 0. The van der Waals surface area contributed by atoms with Crippen molar-refractivity contribution in [3.05, 3.63) is 58.3 Å². The van der Waals surface area contributed by atoms with Crippen LogP contribution in [-0.4, -0.2) is 29.7 Å². The number of carbonyl (C=O) groups is 1. The Morgan fingerprint density at radius 3 is 2.52 bits per heavy atom. The van der Waals surface area contributed by atoms with Gasteiger partial charge in [0.2, 0.25) is 0 Å². The number of anilines is 1. The van der Waals surface area contributed by atoms with Crippen LogP contribution in [0.1, 0.15) is 5.56 Å². The molecule has 0 aliphatic carbocycles. The maximum atomic E-state index is 12.8. The first-order valence-corrected chi connectivity index (χ1v) is 6.46. The van der Waals surface area contributed by atoms with Crippen molar-refractivity contribution < 1.29 is 9.18 Å². The Bertz CT molecular complexity index is 693. The van der Waals surface area contributed by atoms with Gasteiger partial charge >= 0.3 is 0 Å². The van der Waals surface area contributed by atoms with Crippen molar-refractivity contribution in [2.24, 2.45) is 0 Å². The summed E-state index contributed by atoms with van der Waals surface area (Å²) in [6.45, 7) is -0.0933. The van der Waals surface area contributed by atoms with Gasteiger partial charge in [0.05, 0.1) is 11.9 Å². The number of hydrogen-bond acceptors (Lipinski definition) is 4. The smallest absolute Gasteiger partial charge is 0.269 e. The van der Waals surface area contributed by atoms with Crippen molar-refractivity contribution in [3.63, 3.8) is 0 Å². The zero-order valence-electron chi connectivity index (χ0n) is 11.9. The molecule has 6 heteroatoms. The Morgan fingerprint density at radius 1 is 1.29 bits per heavy atom. The second-order valence-electron chi connectivity index (χ2n) is 4.95. The van der Waals surface area contributed by atoms with Gasteiger partial charge in [0.25, 0.3) is 5.56 Å². The van der Waals surface area contributed by atoms with E-state index < -0.39 is 0 Å². The molecule has 1 heterocycles. The molecular weight excluding hydrogens is 273 g/mol. The molecule has 0 spiro atoms. The summed E-state index contributed by atoms with van der Waals surface area (Å²) < 4.78 is 13.9. The van der Waals surface area contributed by atoms with Crippen molar-refractivity contribution in [1.29, 1.82) is 0 Å². The number of aromatic nitrogens is 2. The number of halogens is 1. The lowest BCUT2D eigenvalue weighted by atomic mass is 10.1. The van der Waals surface area contributed by atoms with E-state index >= 15 is 0 Å². The van der Waals surface area contributed by atoms with E-state index in [1.54, 1.807) is 31.1 Å². The highest BCUT2D eigenvalue weighted by Gasteiger charge is 2.08. The predicted octanol–water partition coefficient (Wildman–Crippen LogP) is 1.26. The molecule has 5 nitrogen and oxygen atoms in total. The zero-order valence-corrected chi connectivity index (χ0v) is 11.9. The molecule has 110 valence electrons. The van der Waals surface area contributed by atoms with Crippen LogP contribution in [0, 0.1) is 5.82 Å². The molecule has 0 amide bonds. The van der Waals surface area contributed by atoms with E-state index in [1.165, 1.54) is 24.4 Å². The van der Waals surface area contributed by atoms with Crippen LogP contribution < -0.4 is 10.5 Å². The van der Waals surface area contributed by atoms with Crippen LogP contribution in [0.15, 0.2) is 41.3 Å². The summed E-state index contributed by atoms with van der Waals surface area (Å²) in [5.74, 6) is -0.503. The quantitative estimate of drug-likeness (QED) is 0.831. The molecule has 2 rings (SSSR count). The molecule has 0 bridgehead atoms. The van der Waals surface area contributed by atoms with E-state index in [0.717, 1.165) is 4.68 Å². The van der Waals surface area contributed by atoms with Crippen LogP contribution in [0.25, 0.3) is 0 Å². The SMILES string of the molecule is CN(C)c1cnn(CC(=O)Cc2ccc(F)cc2)c(=O)c1. The lowest BCUT2D eigenvalue weighted by Crippen LogP contribution is -2.28. The summed E-state index contributed by atoms with van der Waals surface area (Å²) in [7, 11) is 3.61. The Hall–Kier alpha value is -2.50. The molecule has 0 unspecified atom stereocenters. The highest BCUT2D eigenvalue weighted by atomic mass is 19.1. The van der Waals surface area contributed by atoms with Gasteiger partial charge in [-0.15, -0.1) is 0 Å². The molecule has 0 N–H and O–H groups in total. The summed E-state index contributed by atoms with van der Waals surface area (Å²) in [5, 5.41) is 3.98. The molecule has 1 aromatic heterocycles. The largest absolute Gasteiger partial charge is 0.376 e. The van der Waals surface area contributed by atoms with Crippen LogP contribution in [0.2, 0.25) is 0 Å². The fourth-order valence-electron chi connectivity index (χ4n) is 1.84. The number of ketones is 1. The van der Waals surface area contributed by atoms with Gasteiger partial charge in [-0.25, -0.2) is 9.07 Å². The molecular formula is C15H16FN3O2. The van der Waals surface area contributed by atoms with E-state index in [9.17, 15) is 14.0 Å². The second-order valence-corrected chi connectivity index (χ2v) is 4.95. The average Bonchev–Trinajstić information content (AvgIpc) is 2.43. The van der Waals surface area contributed by atoms with Crippen molar-refractivity contribution in [3.8, 4) is 0 Å². The van der Waals surface area contributed by atoms with Gasteiger partial charge in [-0.3, -0.25) is 9.59 Å². The fraction of sp³-hybridized carbons (Fsp3) is 0.267. The van der Waals surface area contributed by atoms with E-state index in [0.29, 0.717) is 11.3 Å². The normalized spacial score (nSPS) is 10.4. The summed E-state index contributed by atoms with van der Waals surface area (Å²) in [5.41, 5.74) is 1.07. The van der Waals surface area contributed by atoms with Gasteiger partial charge in [0.1, 0.15) is 12.4 Å². The van der Waals surface area contributed by atoms with Crippen molar-refractivity contribution in [1.82, 2.24) is 9.78 Å². The number of Topliss-reactive ketones (excluding diaryl/α,β-unsaturated/α-hetero) is 1. The summed E-state index contributed by atoms with van der Waals surface area (Å²) in [6, 6.07) is 7.15. The lowest BCUT2D eigenvalue weighted by Gasteiger charge is -2.12. The van der Waals surface area contributed by atoms with Crippen molar-refractivity contribution in [2.75, 3.05) is 19.0 Å². The van der Waals surface area contributed by atoms with Gasteiger partial charge in [-0.2, -0.15) is 5.10 Å². The molecule has 0 aliphatic heterocycles. The number of rotatable bonds is 5. The topological polar surface area (TPSA) is 55.2 Å². The molecule has 1 aromatic carbocycles. The van der Waals surface area contributed by atoms with Crippen LogP contribution >= 0.6 is 0 Å². The first-order valence-electron chi connectivity index (χ1n) is 6.46. The van der Waals surface area contributed by atoms with E-state index in [-0.39, 0.29) is 30.1 Å². The maximum Gasteiger partial charge on any atom is 0.269 e. The third-order valence-corrected chi connectivity index (χ3v) is 3.01. The minimum atomic E-state index is -0.344. The van der Waals surface area contributed by atoms with E-state index in [2.05, 4.69) is 5.10 Å².